The molecule has 0 saturated carbocycles. The minimum absolute atomic E-state index is 0.269. The van der Waals surface area contributed by atoms with Gasteiger partial charge in [-0.15, -0.1) is 0 Å². The van der Waals surface area contributed by atoms with E-state index in [2.05, 4.69) is 44.2 Å². The number of nitrogens with one attached hydrogen (secondary N) is 1. The Labute approximate surface area is 119 Å². The quantitative estimate of drug-likeness (QED) is 0.928. The fourth-order valence-electron chi connectivity index (χ4n) is 2.64. The Morgan fingerprint density at radius 3 is 2.90 bits per heavy atom. The van der Waals surface area contributed by atoms with Gasteiger partial charge in [-0.25, -0.2) is 9.97 Å². The molecule has 3 rings (SSSR count). The molecule has 0 amide bonds. The van der Waals surface area contributed by atoms with Crippen LogP contribution in [0.1, 0.15) is 30.1 Å². The summed E-state index contributed by atoms with van der Waals surface area (Å²) >= 11 is 0. The fraction of sp³-hybridized carbons (Fsp3) is 0.400. The maximum absolute atomic E-state index is 4.62. The van der Waals surface area contributed by atoms with E-state index in [9.17, 15) is 0 Å². The molecule has 2 aromatic heterocycles. The van der Waals surface area contributed by atoms with E-state index in [0.717, 1.165) is 36.7 Å². The van der Waals surface area contributed by atoms with E-state index in [1.165, 1.54) is 5.56 Å². The Kier molecular flexibility index (Phi) is 3.50. The van der Waals surface area contributed by atoms with Crippen LogP contribution in [0.2, 0.25) is 0 Å². The van der Waals surface area contributed by atoms with Gasteiger partial charge in [0.15, 0.2) is 0 Å². The Bertz CT molecular complexity index is 581. The third-order valence-corrected chi connectivity index (χ3v) is 3.69. The molecule has 5 nitrogen and oxygen atoms in total. The lowest BCUT2D eigenvalue weighted by atomic mass is 10.1. The third kappa shape index (κ3) is 2.43. The molecule has 20 heavy (non-hydrogen) atoms. The van der Waals surface area contributed by atoms with Gasteiger partial charge in [0.25, 0.3) is 0 Å². The number of anilines is 2. The lowest BCUT2D eigenvalue weighted by Gasteiger charge is -2.25. The van der Waals surface area contributed by atoms with Crippen LogP contribution < -0.4 is 10.2 Å². The van der Waals surface area contributed by atoms with Gasteiger partial charge in [-0.1, -0.05) is 6.07 Å². The van der Waals surface area contributed by atoms with E-state index in [-0.39, 0.29) is 6.04 Å². The summed E-state index contributed by atoms with van der Waals surface area (Å²) in [5.41, 5.74) is 2.19. The molecular formula is C15H19N5. The first-order valence-electron chi connectivity index (χ1n) is 6.97. The van der Waals surface area contributed by atoms with Crippen molar-refractivity contribution in [2.45, 2.75) is 25.8 Å². The van der Waals surface area contributed by atoms with Crippen LogP contribution in [0.15, 0.2) is 30.7 Å². The van der Waals surface area contributed by atoms with Gasteiger partial charge < -0.3 is 10.2 Å². The van der Waals surface area contributed by atoms with Crippen molar-refractivity contribution in [3.8, 4) is 0 Å². The van der Waals surface area contributed by atoms with Crippen LogP contribution in [0, 0.1) is 6.92 Å². The molecule has 1 atom stereocenters. The highest BCUT2D eigenvalue weighted by molar-refractivity contribution is 5.44. The van der Waals surface area contributed by atoms with E-state index < -0.39 is 0 Å². The summed E-state index contributed by atoms with van der Waals surface area (Å²) in [7, 11) is 1.86. The second-order valence-corrected chi connectivity index (χ2v) is 5.12. The lowest BCUT2D eigenvalue weighted by molar-refractivity contribution is 0.684. The molecule has 1 saturated heterocycles. The minimum Gasteiger partial charge on any atom is -0.372 e. The van der Waals surface area contributed by atoms with Crippen LogP contribution >= 0.6 is 0 Å². The molecule has 2 aromatic rings. The summed E-state index contributed by atoms with van der Waals surface area (Å²) in [5, 5.41) is 3.05. The molecule has 0 radical (unpaired) electrons. The van der Waals surface area contributed by atoms with E-state index >= 15 is 0 Å². The highest BCUT2D eigenvalue weighted by Gasteiger charge is 2.28. The molecule has 0 aliphatic carbocycles. The SMILES string of the molecule is CNc1cncc([C@H]2CCCN2c2ccc(C)cn2)n1. The smallest absolute Gasteiger partial charge is 0.144 e. The average molecular weight is 269 g/mol. The van der Waals surface area contributed by atoms with E-state index in [0.29, 0.717) is 0 Å². The van der Waals surface area contributed by atoms with Crippen LogP contribution in [0.25, 0.3) is 0 Å². The van der Waals surface area contributed by atoms with Crippen molar-refractivity contribution in [1.29, 1.82) is 0 Å². The molecule has 0 spiro atoms. The molecule has 1 aliphatic rings. The predicted molar refractivity (Wildman–Crippen MR) is 79.9 cm³/mol. The number of aryl methyl sites for hydroxylation is 1. The average Bonchev–Trinajstić information content (AvgIpc) is 2.97. The van der Waals surface area contributed by atoms with Gasteiger partial charge in [0.05, 0.1) is 24.1 Å². The summed E-state index contributed by atoms with van der Waals surface area (Å²) in [4.78, 5) is 15.8. The number of hydrogen-bond donors (Lipinski definition) is 1. The molecular weight excluding hydrogens is 250 g/mol. The highest BCUT2D eigenvalue weighted by atomic mass is 15.2. The lowest BCUT2D eigenvalue weighted by Crippen LogP contribution is -2.24. The Hall–Kier alpha value is -2.17. The fourth-order valence-corrected chi connectivity index (χ4v) is 2.64. The van der Waals surface area contributed by atoms with Crippen molar-refractivity contribution in [1.82, 2.24) is 15.0 Å². The van der Waals surface area contributed by atoms with Gasteiger partial charge in [-0.3, -0.25) is 4.98 Å². The van der Waals surface area contributed by atoms with Gasteiger partial charge in [0.2, 0.25) is 0 Å². The Balaban J connectivity index is 1.90. The maximum atomic E-state index is 4.62. The third-order valence-electron chi connectivity index (χ3n) is 3.69. The predicted octanol–water partition coefficient (Wildman–Crippen LogP) is 2.56. The molecule has 1 fully saturated rings. The number of nitrogens with zero attached hydrogens (tertiary/aromatic N) is 4. The summed E-state index contributed by atoms with van der Waals surface area (Å²) in [6.07, 6.45) is 7.77. The Morgan fingerprint density at radius 2 is 2.15 bits per heavy atom. The van der Waals surface area contributed by atoms with Crippen LogP contribution in [-0.4, -0.2) is 28.5 Å². The summed E-state index contributed by atoms with van der Waals surface area (Å²) in [6.45, 7) is 3.08. The normalized spacial score (nSPS) is 18.3. The molecule has 0 bridgehead atoms. The molecule has 0 unspecified atom stereocenters. The summed E-state index contributed by atoms with van der Waals surface area (Å²) in [5.74, 6) is 1.83. The van der Waals surface area contributed by atoms with Gasteiger partial charge in [0.1, 0.15) is 11.6 Å². The molecule has 104 valence electrons. The van der Waals surface area contributed by atoms with Crippen molar-refractivity contribution in [3.63, 3.8) is 0 Å². The van der Waals surface area contributed by atoms with Crippen molar-refractivity contribution in [2.75, 3.05) is 23.8 Å². The number of rotatable bonds is 3. The largest absolute Gasteiger partial charge is 0.372 e. The van der Waals surface area contributed by atoms with Crippen molar-refractivity contribution in [2.24, 2.45) is 0 Å². The number of aromatic nitrogens is 3. The van der Waals surface area contributed by atoms with Crippen molar-refractivity contribution < 1.29 is 0 Å². The first-order chi connectivity index (χ1) is 9.78. The van der Waals surface area contributed by atoms with E-state index in [4.69, 9.17) is 0 Å². The zero-order valence-electron chi connectivity index (χ0n) is 11.9. The number of pyridine rings is 1. The zero-order chi connectivity index (χ0) is 13.9. The van der Waals surface area contributed by atoms with Gasteiger partial charge in [0, 0.05) is 19.8 Å². The van der Waals surface area contributed by atoms with Crippen LogP contribution in [-0.2, 0) is 0 Å². The van der Waals surface area contributed by atoms with Crippen LogP contribution in [0.4, 0.5) is 11.6 Å². The molecule has 1 aliphatic heterocycles. The standard InChI is InChI=1S/C15H19N5/c1-11-5-6-15(18-8-11)20-7-3-4-13(20)12-9-17-10-14(16-2)19-12/h5-6,8-10,13H,3-4,7H2,1-2H3,(H,16,19)/t13-/m1/s1. The monoisotopic (exact) mass is 269 g/mol. The maximum Gasteiger partial charge on any atom is 0.144 e. The highest BCUT2D eigenvalue weighted by Crippen LogP contribution is 2.34. The molecule has 3 heterocycles. The summed E-state index contributed by atoms with van der Waals surface area (Å²) in [6, 6.07) is 4.46. The summed E-state index contributed by atoms with van der Waals surface area (Å²) < 4.78 is 0. The van der Waals surface area contributed by atoms with Crippen LogP contribution in [0.3, 0.4) is 0 Å². The van der Waals surface area contributed by atoms with Gasteiger partial charge in [-0.05, 0) is 31.4 Å². The number of hydrogen-bond acceptors (Lipinski definition) is 5. The van der Waals surface area contributed by atoms with Crippen molar-refractivity contribution >= 4 is 11.6 Å². The topological polar surface area (TPSA) is 53.9 Å². The molecule has 1 N–H and O–H groups in total. The zero-order valence-corrected chi connectivity index (χ0v) is 11.9. The Morgan fingerprint density at radius 1 is 1.25 bits per heavy atom. The second kappa shape index (κ2) is 5.45. The van der Waals surface area contributed by atoms with Crippen molar-refractivity contribution in [3.05, 3.63) is 42.0 Å². The molecule has 0 aromatic carbocycles. The first kappa shape index (κ1) is 12.8. The van der Waals surface area contributed by atoms with E-state index in [1.807, 2.05) is 19.4 Å². The minimum atomic E-state index is 0.269. The van der Waals surface area contributed by atoms with Gasteiger partial charge >= 0.3 is 0 Å². The van der Waals surface area contributed by atoms with Crippen LogP contribution in [0.5, 0.6) is 0 Å². The molecule has 5 heteroatoms. The first-order valence-corrected chi connectivity index (χ1v) is 6.97. The van der Waals surface area contributed by atoms with Gasteiger partial charge in [-0.2, -0.15) is 0 Å². The van der Waals surface area contributed by atoms with E-state index in [1.54, 1.807) is 6.20 Å². The second-order valence-electron chi connectivity index (χ2n) is 5.12.